The van der Waals surface area contributed by atoms with E-state index in [0.29, 0.717) is 5.92 Å². The van der Waals surface area contributed by atoms with Gasteiger partial charge in [0.05, 0.1) is 0 Å². The van der Waals surface area contributed by atoms with Crippen LogP contribution in [0.25, 0.3) is 0 Å². The normalized spacial score (nSPS) is 23.1. The maximum Gasteiger partial charge on any atom is 0.123 e. The van der Waals surface area contributed by atoms with Crippen molar-refractivity contribution in [2.45, 2.75) is 32.2 Å². The molecule has 94 valence electrons. The Hall–Kier alpha value is -1.09. The van der Waals surface area contributed by atoms with Crippen molar-refractivity contribution in [1.82, 2.24) is 0 Å². The number of benzene rings is 1. The summed E-state index contributed by atoms with van der Waals surface area (Å²) in [6.07, 6.45) is 1.92. The molecule has 0 amide bonds. The SMILES string of the molecule is CC1(C)CC(CCO)CN1c1ccc(F)cc1. The molecule has 1 N–H and O–H groups in total. The summed E-state index contributed by atoms with van der Waals surface area (Å²) in [6, 6.07) is 6.67. The molecular weight excluding hydrogens is 217 g/mol. The smallest absolute Gasteiger partial charge is 0.123 e. The van der Waals surface area contributed by atoms with Crippen molar-refractivity contribution in [1.29, 1.82) is 0 Å². The Kier molecular flexibility index (Phi) is 3.38. The lowest BCUT2D eigenvalue weighted by Gasteiger charge is -2.33. The van der Waals surface area contributed by atoms with Gasteiger partial charge in [-0.3, -0.25) is 0 Å². The van der Waals surface area contributed by atoms with Crippen molar-refractivity contribution in [3.63, 3.8) is 0 Å². The van der Waals surface area contributed by atoms with Gasteiger partial charge >= 0.3 is 0 Å². The van der Waals surface area contributed by atoms with Crippen LogP contribution >= 0.6 is 0 Å². The van der Waals surface area contributed by atoms with Gasteiger partial charge in [0, 0.05) is 24.4 Å². The van der Waals surface area contributed by atoms with Gasteiger partial charge in [0.15, 0.2) is 0 Å². The van der Waals surface area contributed by atoms with Crippen LogP contribution in [0.3, 0.4) is 0 Å². The zero-order valence-electron chi connectivity index (χ0n) is 10.5. The van der Waals surface area contributed by atoms with Crippen LogP contribution in [0.2, 0.25) is 0 Å². The summed E-state index contributed by atoms with van der Waals surface area (Å²) in [4.78, 5) is 2.31. The first-order valence-corrected chi connectivity index (χ1v) is 6.17. The third-order valence-corrected chi connectivity index (χ3v) is 3.64. The van der Waals surface area contributed by atoms with Gasteiger partial charge in [-0.05, 0) is 56.9 Å². The van der Waals surface area contributed by atoms with Crippen molar-refractivity contribution in [3.05, 3.63) is 30.1 Å². The molecule has 1 fully saturated rings. The number of aliphatic hydroxyl groups excluding tert-OH is 1. The largest absolute Gasteiger partial charge is 0.396 e. The second kappa shape index (κ2) is 4.65. The first-order valence-electron chi connectivity index (χ1n) is 6.17. The first kappa shape index (κ1) is 12.4. The van der Waals surface area contributed by atoms with Crippen molar-refractivity contribution >= 4 is 5.69 Å². The summed E-state index contributed by atoms with van der Waals surface area (Å²) in [5.41, 5.74) is 1.15. The minimum absolute atomic E-state index is 0.0810. The zero-order valence-corrected chi connectivity index (χ0v) is 10.5. The monoisotopic (exact) mass is 237 g/mol. The Balaban J connectivity index is 2.17. The van der Waals surface area contributed by atoms with E-state index < -0.39 is 0 Å². The van der Waals surface area contributed by atoms with Crippen LogP contribution in [0, 0.1) is 11.7 Å². The molecule has 1 aromatic carbocycles. The van der Waals surface area contributed by atoms with Gasteiger partial charge in [-0.1, -0.05) is 0 Å². The van der Waals surface area contributed by atoms with E-state index >= 15 is 0 Å². The van der Waals surface area contributed by atoms with Crippen LogP contribution in [-0.4, -0.2) is 23.8 Å². The fourth-order valence-electron chi connectivity index (χ4n) is 2.84. The third kappa shape index (κ3) is 2.60. The highest BCUT2D eigenvalue weighted by molar-refractivity contribution is 5.50. The molecular formula is C14H20FNO. The van der Waals surface area contributed by atoms with Crippen molar-refractivity contribution < 1.29 is 9.50 Å². The van der Waals surface area contributed by atoms with Gasteiger partial charge in [0.25, 0.3) is 0 Å². The molecule has 0 radical (unpaired) electrons. The summed E-state index contributed by atoms with van der Waals surface area (Å²) >= 11 is 0. The average molecular weight is 237 g/mol. The summed E-state index contributed by atoms with van der Waals surface area (Å²) in [5.74, 6) is 0.331. The third-order valence-electron chi connectivity index (χ3n) is 3.64. The van der Waals surface area contributed by atoms with Gasteiger partial charge in [-0.25, -0.2) is 4.39 Å². The Labute approximate surface area is 102 Å². The van der Waals surface area contributed by atoms with Gasteiger partial charge in [-0.15, -0.1) is 0 Å². The van der Waals surface area contributed by atoms with Gasteiger partial charge < -0.3 is 10.0 Å². The molecule has 2 rings (SSSR count). The lowest BCUT2D eigenvalue weighted by atomic mass is 9.94. The molecule has 2 nitrogen and oxygen atoms in total. The highest BCUT2D eigenvalue weighted by atomic mass is 19.1. The highest BCUT2D eigenvalue weighted by Crippen LogP contribution is 2.37. The Morgan fingerprint density at radius 2 is 2.00 bits per heavy atom. The van der Waals surface area contributed by atoms with Crippen molar-refractivity contribution in [2.24, 2.45) is 5.92 Å². The van der Waals surface area contributed by atoms with Gasteiger partial charge in [-0.2, -0.15) is 0 Å². The molecule has 17 heavy (non-hydrogen) atoms. The van der Waals surface area contributed by atoms with Crippen molar-refractivity contribution in [3.8, 4) is 0 Å². The Morgan fingerprint density at radius 1 is 1.35 bits per heavy atom. The summed E-state index contributed by atoms with van der Waals surface area (Å²) in [7, 11) is 0. The minimum atomic E-state index is -0.197. The molecule has 1 aromatic rings. The molecule has 1 atom stereocenters. The zero-order chi connectivity index (χ0) is 12.5. The summed E-state index contributed by atoms with van der Waals surface area (Å²) in [6.45, 7) is 5.60. The van der Waals surface area contributed by atoms with E-state index in [4.69, 9.17) is 5.11 Å². The van der Waals surface area contributed by atoms with Crippen LogP contribution in [-0.2, 0) is 0 Å². The molecule has 0 aliphatic carbocycles. The number of hydrogen-bond donors (Lipinski definition) is 1. The fraction of sp³-hybridized carbons (Fsp3) is 0.571. The maximum atomic E-state index is 12.9. The number of rotatable bonds is 3. The molecule has 1 aliphatic heterocycles. The second-order valence-electron chi connectivity index (χ2n) is 5.48. The van der Waals surface area contributed by atoms with Crippen molar-refractivity contribution in [2.75, 3.05) is 18.1 Å². The predicted molar refractivity (Wildman–Crippen MR) is 67.6 cm³/mol. The van der Waals surface area contributed by atoms with E-state index in [1.54, 1.807) is 0 Å². The first-order chi connectivity index (χ1) is 8.03. The van der Waals surface area contributed by atoms with Crippen LogP contribution in [0.15, 0.2) is 24.3 Å². The number of nitrogens with zero attached hydrogens (tertiary/aromatic N) is 1. The fourth-order valence-corrected chi connectivity index (χ4v) is 2.84. The molecule has 1 unspecified atom stereocenters. The van der Waals surface area contributed by atoms with E-state index in [-0.39, 0.29) is 18.0 Å². The minimum Gasteiger partial charge on any atom is -0.396 e. The standard InChI is InChI=1S/C14H20FNO/c1-14(2)9-11(7-8-17)10-16(14)13-5-3-12(15)4-6-13/h3-6,11,17H,7-10H2,1-2H3. The van der Waals surface area contributed by atoms with E-state index in [1.165, 1.54) is 12.1 Å². The summed E-state index contributed by atoms with van der Waals surface area (Å²) in [5, 5.41) is 9.02. The van der Waals surface area contributed by atoms with E-state index in [0.717, 1.165) is 25.1 Å². The van der Waals surface area contributed by atoms with Crippen LogP contribution in [0.1, 0.15) is 26.7 Å². The van der Waals surface area contributed by atoms with Crippen LogP contribution in [0.4, 0.5) is 10.1 Å². The topological polar surface area (TPSA) is 23.5 Å². The van der Waals surface area contributed by atoms with E-state index in [9.17, 15) is 4.39 Å². The quantitative estimate of drug-likeness (QED) is 0.873. The molecule has 1 aliphatic rings. The number of aliphatic hydroxyl groups is 1. The molecule has 1 saturated heterocycles. The lowest BCUT2D eigenvalue weighted by molar-refractivity contribution is 0.259. The van der Waals surface area contributed by atoms with E-state index in [1.807, 2.05) is 12.1 Å². The van der Waals surface area contributed by atoms with Crippen LogP contribution in [0.5, 0.6) is 0 Å². The van der Waals surface area contributed by atoms with Crippen LogP contribution < -0.4 is 4.90 Å². The Bertz CT molecular complexity index is 374. The van der Waals surface area contributed by atoms with E-state index in [2.05, 4.69) is 18.7 Å². The van der Waals surface area contributed by atoms with Gasteiger partial charge in [0.1, 0.15) is 5.82 Å². The molecule has 0 aromatic heterocycles. The maximum absolute atomic E-state index is 12.9. The molecule has 0 saturated carbocycles. The molecule has 3 heteroatoms. The second-order valence-corrected chi connectivity index (χ2v) is 5.48. The highest BCUT2D eigenvalue weighted by Gasteiger charge is 2.37. The molecule has 0 bridgehead atoms. The average Bonchev–Trinajstić information content (AvgIpc) is 2.55. The Morgan fingerprint density at radius 3 is 2.59 bits per heavy atom. The summed E-state index contributed by atoms with van der Waals surface area (Å²) < 4.78 is 12.9. The number of anilines is 1. The van der Waals surface area contributed by atoms with Gasteiger partial charge in [0.2, 0.25) is 0 Å². The molecule has 1 heterocycles. The lowest BCUT2D eigenvalue weighted by Crippen LogP contribution is -2.38. The number of hydrogen-bond acceptors (Lipinski definition) is 2. The predicted octanol–water partition coefficient (Wildman–Crippen LogP) is 2.81. The molecule has 0 spiro atoms. The number of halogens is 1.